The number of methoxy groups -OCH3 is 1. The SMILES string of the molecule is COCCCNc1c(F)cccc1Cl. The number of hydrogen-bond acceptors (Lipinski definition) is 2. The molecule has 0 spiro atoms. The average molecular weight is 218 g/mol. The van der Waals surface area contributed by atoms with Crippen LogP contribution < -0.4 is 5.32 Å². The zero-order chi connectivity index (χ0) is 10.4. The van der Waals surface area contributed by atoms with Gasteiger partial charge in [0.2, 0.25) is 0 Å². The van der Waals surface area contributed by atoms with Gasteiger partial charge in [-0.3, -0.25) is 0 Å². The highest BCUT2D eigenvalue weighted by molar-refractivity contribution is 6.33. The summed E-state index contributed by atoms with van der Waals surface area (Å²) in [4.78, 5) is 0. The molecule has 0 amide bonds. The lowest BCUT2D eigenvalue weighted by Crippen LogP contribution is -2.06. The predicted molar refractivity (Wildman–Crippen MR) is 56.4 cm³/mol. The third-order valence-corrected chi connectivity index (χ3v) is 2.10. The molecular formula is C10H13ClFNO. The maximum atomic E-state index is 13.2. The van der Waals surface area contributed by atoms with Gasteiger partial charge in [0, 0.05) is 20.3 Å². The number of ether oxygens (including phenoxy) is 1. The van der Waals surface area contributed by atoms with Gasteiger partial charge in [-0.25, -0.2) is 4.39 Å². The Balaban J connectivity index is 2.49. The van der Waals surface area contributed by atoms with Crippen LogP contribution in [0.1, 0.15) is 6.42 Å². The van der Waals surface area contributed by atoms with E-state index in [0.29, 0.717) is 23.9 Å². The number of hydrogen-bond donors (Lipinski definition) is 1. The molecule has 0 bridgehead atoms. The lowest BCUT2D eigenvalue weighted by molar-refractivity contribution is 0.197. The first-order chi connectivity index (χ1) is 6.75. The summed E-state index contributed by atoms with van der Waals surface area (Å²) in [7, 11) is 1.63. The summed E-state index contributed by atoms with van der Waals surface area (Å²) >= 11 is 5.81. The molecule has 0 atom stereocenters. The molecule has 1 aromatic carbocycles. The maximum absolute atomic E-state index is 13.2. The van der Waals surface area contributed by atoms with E-state index in [2.05, 4.69) is 5.32 Å². The second-order valence-electron chi connectivity index (χ2n) is 2.87. The maximum Gasteiger partial charge on any atom is 0.147 e. The number of para-hydroxylation sites is 1. The van der Waals surface area contributed by atoms with E-state index < -0.39 is 0 Å². The Kier molecular flexibility index (Phi) is 4.70. The largest absolute Gasteiger partial charge is 0.385 e. The topological polar surface area (TPSA) is 21.3 Å². The van der Waals surface area contributed by atoms with Crippen molar-refractivity contribution in [3.8, 4) is 0 Å². The van der Waals surface area contributed by atoms with Gasteiger partial charge in [-0.05, 0) is 18.6 Å². The molecule has 1 N–H and O–H groups in total. The molecular weight excluding hydrogens is 205 g/mol. The second kappa shape index (κ2) is 5.83. The van der Waals surface area contributed by atoms with Crippen molar-refractivity contribution in [3.05, 3.63) is 29.0 Å². The van der Waals surface area contributed by atoms with Gasteiger partial charge in [-0.1, -0.05) is 17.7 Å². The van der Waals surface area contributed by atoms with Crippen LogP contribution in [-0.2, 0) is 4.74 Å². The minimum Gasteiger partial charge on any atom is -0.385 e. The van der Waals surface area contributed by atoms with Gasteiger partial charge >= 0.3 is 0 Å². The van der Waals surface area contributed by atoms with E-state index in [1.54, 1.807) is 19.2 Å². The molecule has 0 aliphatic carbocycles. The van der Waals surface area contributed by atoms with Gasteiger partial charge in [0.15, 0.2) is 0 Å². The molecule has 1 aromatic rings. The highest BCUT2D eigenvalue weighted by atomic mass is 35.5. The summed E-state index contributed by atoms with van der Waals surface area (Å²) in [6.45, 7) is 1.30. The molecule has 0 heterocycles. The minimum absolute atomic E-state index is 0.324. The van der Waals surface area contributed by atoms with Gasteiger partial charge in [0.1, 0.15) is 5.82 Å². The summed E-state index contributed by atoms with van der Waals surface area (Å²) in [6.07, 6.45) is 0.821. The number of nitrogens with one attached hydrogen (secondary N) is 1. The van der Waals surface area contributed by atoms with Crippen molar-refractivity contribution in [1.82, 2.24) is 0 Å². The van der Waals surface area contributed by atoms with Crippen LogP contribution >= 0.6 is 11.6 Å². The second-order valence-corrected chi connectivity index (χ2v) is 3.28. The van der Waals surface area contributed by atoms with E-state index in [-0.39, 0.29) is 5.82 Å². The molecule has 78 valence electrons. The molecule has 0 saturated carbocycles. The lowest BCUT2D eigenvalue weighted by Gasteiger charge is -2.08. The number of rotatable bonds is 5. The lowest BCUT2D eigenvalue weighted by atomic mass is 10.3. The number of halogens is 2. The third-order valence-electron chi connectivity index (χ3n) is 1.79. The highest BCUT2D eigenvalue weighted by Crippen LogP contribution is 2.24. The summed E-state index contributed by atoms with van der Waals surface area (Å²) in [5, 5.41) is 3.33. The Bertz CT molecular complexity index is 273. The summed E-state index contributed by atoms with van der Waals surface area (Å²) in [5.41, 5.74) is 0.366. The van der Waals surface area contributed by atoms with Gasteiger partial charge in [0.05, 0.1) is 10.7 Å². The molecule has 0 unspecified atom stereocenters. The quantitative estimate of drug-likeness (QED) is 0.766. The van der Waals surface area contributed by atoms with Gasteiger partial charge < -0.3 is 10.1 Å². The molecule has 0 radical (unpaired) electrons. The zero-order valence-corrected chi connectivity index (χ0v) is 8.77. The standard InChI is InChI=1S/C10H13ClFNO/c1-14-7-3-6-13-10-8(11)4-2-5-9(10)12/h2,4-5,13H,3,6-7H2,1H3. The first-order valence-electron chi connectivity index (χ1n) is 4.42. The van der Waals surface area contributed by atoms with Crippen molar-refractivity contribution in [1.29, 1.82) is 0 Å². The molecule has 0 aliphatic rings. The Hall–Kier alpha value is -0.800. The van der Waals surface area contributed by atoms with E-state index in [9.17, 15) is 4.39 Å². The zero-order valence-electron chi connectivity index (χ0n) is 8.02. The molecule has 0 fully saturated rings. The molecule has 14 heavy (non-hydrogen) atoms. The van der Waals surface area contributed by atoms with Crippen LogP contribution in [0.5, 0.6) is 0 Å². The van der Waals surface area contributed by atoms with Crippen molar-refractivity contribution >= 4 is 17.3 Å². The first kappa shape index (κ1) is 11.3. The molecule has 2 nitrogen and oxygen atoms in total. The van der Waals surface area contributed by atoms with E-state index in [1.165, 1.54) is 6.07 Å². The molecule has 0 saturated heterocycles. The predicted octanol–water partition coefficient (Wildman–Crippen LogP) is 2.93. The number of benzene rings is 1. The minimum atomic E-state index is -0.324. The van der Waals surface area contributed by atoms with Crippen molar-refractivity contribution in [2.24, 2.45) is 0 Å². The van der Waals surface area contributed by atoms with Crippen molar-refractivity contribution < 1.29 is 9.13 Å². The van der Waals surface area contributed by atoms with E-state index in [1.807, 2.05) is 0 Å². The fourth-order valence-electron chi connectivity index (χ4n) is 1.10. The molecule has 0 aromatic heterocycles. The molecule has 4 heteroatoms. The van der Waals surface area contributed by atoms with E-state index in [0.717, 1.165) is 6.42 Å². The number of anilines is 1. The van der Waals surface area contributed by atoms with Crippen LogP contribution in [-0.4, -0.2) is 20.3 Å². The fraction of sp³-hybridized carbons (Fsp3) is 0.400. The van der Waals surface area contributed by atoms with Crippen LogP contribution in [0.4, 0.5) is 10.1 Å². The van der Waals surface area contributed by atoms with Crippen LogP contribution in [0.15, 0.2) is 18.2 Å². The van der Waals surface area contributed by atoms with Crippen LogP contribution in [0.3, 0.4) is 0 Å². The van der Waals surface area contributed by atoms with E-state index >= 15 is 0 Å². The third kappa shape index (κ3) is 3.16. The van der Waals surface area contributed by atoms with Crippen LogP contribution in [0.2, 0.25) is 5.02 Å². The van der Waals surface area contributed by atoms with Gasteiger partial charge in [-0.15, -0.1) is 0 Å². The van der Waals surface area contributed by atoms with Crippen molar-refractivity contribution in [3.63, 3.8) is 0 Å². The van der Waals surface area contributed by atoms with Gasteiger partial charge in [0.25, 0.3) is 0 Å². The van der Waals surface area contributed by atoms with Crippen molar-refractivity contribution in [2.45, 2.75) is 6.42 Å². The summed E-state index contributed by atoms with van der Waals surface area (Å²) in [5.74, 6) is -0.324. The Labute approximate surface area is 88.0 Å². The van der Waals surface area contributed by atoms with Crippen molar-refractivity contribution in [2.75, 3.05) is 25.6 Å². The van der Waals surface area contributed by atoms with Crippen LogP contribution in [0.25, 0.3) is 0 Å². The van der Waals surface area contributed by atoms with Gasteiger partial charge in [-0.2, -0.15) is 0 Å². The Morgan fingerprint density at radius 1 is 1.50 bits per heavy atom. The first-order valence-corrected chi connectivity index (χ1v) is 4.80. The monoisotopic (exact) mass is 217 g/mol. The smallest absolute Gasteiger partial charge is 0.147 e. The van der Waals surface area contributed by atoms with E-state index in [4.69, 9.17) is 16.3 Å². The fourth-order valence-corrected chi connectivity index (χ4v) is 1.33. The molecule has 1 rings (SSSR count). The molecule has 0 aliphatic heterocycles. The van der Waals surface area contributed by atoms with Crippen LogP contribution in [0, 0.1) is 5.82 Å². The summed E-state index contributed by atoms with van der Waals surface area (Å²) < 4.78 is 18.1. The highest BCUT2D eigenvalue weighted by Gasteiger charge is 2.04. The normalized spacial score (nSPS) is 10.2. The average Bonchev–Trinajstić information content (AvgIpc) is 2.16. The Morgan fingerprint density at radius 2 is 2.29 bits per heavy atom. The Morgan fingerprint density at radius 3 is 2.93 bits per heavy atom. The summed E-state index contributed by atoms with van der Waals surface area (Å²) in [6, 6.07) is 4.62.